The van der Waals surface area contributed by atoms with Crippen molar-refractivity contribution in [2.45, 2.75) is 27.2 Å². The van der Waals surface area contributed by atoms with E-state index < -0.39 is 0 Å². The van der Waals surface area contributed by atoms with E-state index in [1.54, 1.807) is 0 Å². The Bertz CT molecular complexity index is 486. The number of nitrogens with zero attached hydrogens (tertiary/aromatic N) is 1. The molecule has 1 saturated heterocycles. The predicted octanol–water partition coefficient (Wildman–Crippen LogP) is 2.33. The number of aryl methyl sites for hydroxylation is 2. The first-order chi connectivity index (χ1) is 9.40. The van der Waals surface area contributed by atoms with Crippen LogP contribution in [0.1, 0.15) is 24.5 Å². The third kappa shape index (κ3) is 4.99. The van der Waals surface area contributed by atoms with Crippen molar-refractivity contribution in [2.75, 3.05) is 31.5 Å². The first-order valence-corrected chi connectivity index (χ1v) is 7.21. The van der Waals surface area contributed by atoms with Gasteiger partial charge >= 0.3 is 0 Å². The summed E-state index contributed by atoms with van der Waals surface area (Å²) < 4.78 is 0. The van der Waals surface area contributed by atoms with Gasteiger partial charge in [-0.3, -0.25) is 9.69 Å². The van der Waals surface area contributed by atoms with E-state index in [1.807, 2.05) is 26.0 Å². The zero-order valence-corrected chi connectivity index (χ0v) is 13.9. The molecular weight excluding hydrogens is 286 g/mol. The summed E-state index contributed by atoms with van der Waals surface area (Å²) in [5.74, 6) is 0.0521. The van der Waals surface area contributed by atoms with Gasteiger partial charge in [-0.2, -0.15) is 0 Å². The van der Waals surface area contributed by atoms with Gasteiger partial charge in [0, 0.05) is 12.2 Å². The molecule has 1 amide bonds. The van der Waals surface area contributed by atoms with E-state index in [-0.39, 0.29) is 23.7 Å². The summed E-state index contributed by atoms with van der Waals surface area (Å²) in [6.07, 6.45) is 1.07. The fourth-order valence-electron chi connectivity index (χ4n) is 2.88. The minimum Gasteiger partial charge on any atom is -0.330 e. The van der Waals surface area contributed by atoms with Crippen molar-refractivity contribution in [1.29, 1.82) is 0 Å². The number of nitrogens with two attached hydrogens (primary N) is 1. The molecule has 1 aliphatic rings. The molecule has 0 aliphatic carbocycles. The summed E-state index contributed by atoms with van der Waals surface area (Å²) >= 11 is 0. The highest BCUT2D eigenvalue weighted by Crippen LogP contribution is 2.28. The van der Waals surface area contributed by atoms with Crippen LogP contribution >= 0.6 is 12.4 Å². The highest BCUT2D eigenvalue weighted by molar-refractivity contribution is 5.92. The summed E-state index contributed by atoms with van der Waals surface area (Å²) in [5, 5.41) is 2.98. The molecule has 4 nitrogen and oxygen atoms in total. The monoisotopic (exact) mass is 311 g/mol. The van der Waals surface area contributed by atoms with Crippen molar-refractivity contribution in [3.8, 4) is 0 Å². The van der Waals surface area contributed by atoms with E-state index in [0.29, 0.717) is 13.1 Å². The van der Waals surface area contributed by atoms with Gasteiger partial charge in [-0.25, -0.2) is 0 Å². The van der Waals surface area contributed by atoms with E-state index in [1.165, 1.54) is 0 Å². The van der Waals surface area contributed by atoms with E-state index in [4.69, 9.17) is 5.73 Å². The van der Waals surface area contributed by atoms with Crippen molar-refractivity contribution in [2.24, 2.45) is 11.1 Å². The Kier molecular flexibility index (Phi) is 6.20. The molecule has 0 aromatic heterocycles. The summed E-state index contributed by atoms with van der Waals surface area (Å²) in [5.41, 5.74) is 9.17. The normalized spacial score (nSPS) is 21.9. The smallest absolute Gasteiger partial charge is 0.238 e. The maximum atomic E-state index is 12.1. The number of anilines is 1. The Labute approximate surface area is 133 Å². The lowest BCUT2D eigenvalue weighted by Crippen LogP contribution is -2.35. The highest BCUT2D eigenvalue weighted by atomic mass is 35.5. The minimum absolute atomic E-state index is 0. The number of rotatable bonds is 4. The SMILES string of the molecule is Cc1cc(C)cc(NC(=O)CN2CCC(C)(CN)C2)c1.Cl. The zero-order valence-electron chi connectivity index (χ0n) is 13.1. The molecule has 1 aromatic carbocycles. The Balaban J connectivity index is 0.00000220. The standard InChI is InChI=1S/C16H25N3O.ClH/c1-12-6-13(2)8-14(7-12)18-15(20)9-19-5-4-16(3,10-17)11-19;/h6-8H,4-5,9-11,17H2,1-3H3,(H,18,20);1H. The fourth-order valence-corrected chi connectivity index (χ4v) is 2.88. The predicted molar refractivity (Wildman–Crippen MR) is 90.0 cm³/mol. The molecular formula is C16H26ClN3O. The Morgan fingerprint density at radius 2 is 1.95 bits per heavy atom. The molecule has 0 spiro atoms. The molecule has 0 saturated carbocycles. The van der Waals surface area contributed by atoms with Gasteiger partial charge in [0.2, 0.25) is 5.91 Å². The van der Waals surface area contributed by atoms with Gasteiger partial charge in [-0.1, -0.05) is 13.0 Å². The lowest BCUT2D eigenvalue weighted by molar-refractivity contribution is -0.117. The molecule has 3 N–H and O–H groups in total. The van der Waals surface area contributed by atoms with Crippen LogP contribution in [-0.2, 0) is 4.79 Å². The third-order valence-corrected chi connectivity index (χ3v) is 4.00. The van der Waals surface area contributed by atoms with Gasteiger partial charge in [0.25, 0.3) is 0 Å². The number of nitrogens with one attached hydrogen (secondary N) is 1. The Hall–Kier alpha value is -1.10. The Morgan fingerprint density at radius 1 is 1.33 bits per heavy atom. The van der Waals surface area contributed by atoms with Crippen molar-refractivity contribution >= 4 is 24.0 Å². The summed E-state index contributed by atoms with van der Waals surface area (Å²) in [7, 11) is 0. The molecule has 118 valence electrons. The molecule has 1 atom stereocenters. The molecule has 1 fully saturated rings. The molecule has 0 radical (unpaired) electrons. The van der Waals surface area contributed by atoms with Gasteiger partial charge in [0.1, 0.15) is 0 Å². The largest absolute Gasteiger partial charge is 0.330 e. The second-order valence-corrected chi connectivity index (χ2v) is 6.40. The number of halogens is 1. The molecule has 1 heterocycles. The fraction of sp³-hybridized carbons (Fsp3) is 0.562. The second-order valence-electron chi connectivity index (χ2n) is 6.40. The van der Waals surface area contributed by atoms with E-state index >= 15 is 0 Å². The van der Waals surface area contributed by atoms with Gasteiger partial charge in [-0.05, 0) is 62.0 Å². The summed E-state index contributed by atoms with van der Waals surface area (Å²) in [4.78, 5) is 14.3. The second kappa shape index (κ2) is 7.25. The molecule has 1 aromatic rings. The van der Waals surface area contributed by atoms with Crippen LogP contribution in [0.3, 0.4) is 0 Å². The first kappa shape index (κ1) is 18.0. The van der Waals surface area contributed by atoms with Crippen LogP contribution in [0, 0.1) is 19.3 Å². The number of hydrogen-bond acceptors (Lipinski definition) is 3. The van der Waals surface area contributed by atoms with Gasteiger partial charge < -0.3 is 11.1 Å². The minimum atomic E-state index is 0. The van der Waals surface area contributed by atoms with Crippen molar-refractivity contribution in [3.05, 3.63) is 29.3 Å². The van der Waals surface area contributed by atoms with Crippen LogP contribution in [0.5, 0.6) is 0 Å². The molecule has 5 heteroatoms. The number of amides is 1. The summed E-state index contributed by atoms with van der Waals surface area (Å²) in [6.45, 7) is 9.25. The summed E-state index contributed by atoms with van der Waals surface area (Å²) in [6, 6.07) is 6.10. The maximum absolute atomic E-state index is 12.1. The number of benzene rings is 1. The van der Waals surface area contributed by atoms with Gasteiger partial charge in [0.05, 0.1) is 6.54 Å². The lowest BCUT2D eigenvalue weighted by atomic mass is 9.90. The molecule has 1 aliphatic heterocycles. The average Bonchev–Trinajstić information content (AvgIpc) is 2.70. The molecule has 0 bridgehead atoms. The zero-order chi connectivity index (χ0) is 14.8. The topological polar surface area (TPSA) is 58.4 Å². The van der Waals surface area contributed by atoms with Crippen LogP contribution < -0.4 is 11.1 Å². The van der Waals surface area contributed by atoms with E-state index in [9.17, 15) is 4.79 Å². The highest BCUT2D eigenvalue weighted by Gasteiger charge is 2.33. The number of hydrogen-bond donors (Lipinski definition) is 2. The maximum Gasteiger partial charge on any atom is 0.238 e. The molecule has 21 heavy (non-hydrogen) atoms. The van der Waals surface area contributed by atoms with Gasteiger partial charge in [-0.15, -0.1) is 12.4 Å². The number of likely N-dealkylation sites (tertiary alicyclic amines) is 1. The Morgan fingerprint density at radius 3 is 2.48 bits per heavy atom. The van der Waals surface area contributed by atoms with E-state index in [2.05, 4.69) is 23.2 Å². The number of carbonyl (C=O) groups excluding carboxylic acids is 1. The van der Waals surface area contributed by atoms with E-state index in [0.717, 1.165) is 36.3 Å². The van der Waals surface area contributed by atoms with Crippen LogP contribution in [0.2, 0.25) is 0 Å². The van der Waals surface area contributed by atoms with Crippen LogP contribution in [0.15, 0.2) is 18.2 Å². The molecule has 2 rings (SSSR count). The van der Waals surface area contributed by atoms with Crippen molar-refractivity contribution in [1.82, 2.24) is 4.90 Å². The average molecular weight is 312 g/mol. The quantitative estimate of drug-likeness (QED) is 0.897. The first-order valence-electron chi connectivity index (χ1n) is 7.21. The third-order valence-electron chi connectivity index (χ3n) is 4.00. The van der Waals surface area contributed by atoms with Crippen LogP contribution in [0.25, 0.3) is 0 Å². The lowest BCUT2D eigenvalue weighted by Gasteiger charge is -2.22. The van der Waals surface area contributed by atoms with Crippen molar-refractivity contribution < 1.29 is 4.79 Å². The number of carbonyl (C=O) groups is 1. The van der Waals surface area contributed by atoms with Crippen LogP contribution in [-0.4, -0.2) is 37.0 Å². The van der Waals surface area contributed by atoms with Crippen LogP contribution in [0.4, 0.5) is 5.69 Å². The molecule has 1 unspecified atom stereocenters. The van der Waals surface area contributed by atoms with Crippen molar-refractivity contribution in [3.63, 3.8) is 0 Å². The van der Waals surface area contributed by atoms with Gasteiger partial charge in [0.15, 0.2) is 0 Å².